The molecule has 7 nitrogen and oxygen atoms in total. The topological polar surface area (TPSA) is 85.7 Å². The lowest BCUT2D eigenvalue weighted by Crippen LogP contribution is -2.53. The highest BCUT2D eigenvalue weighted by Crippen LogP contribution is 2.15. The van der Waals surface area contributed by atoms with Crippen LogP contribution in [0.3, 0.4) is 0 Å². The Balaban J connectivity index is 1.80. The van der Waals surface area contributed by atoms with Gasteiger partial charge in [0.05, 0.1) is 18.2 Å². The van der Waals surface area contributed by atoms with E-state index in [9.17, 15) is 9.59 Å². The monoisotopic (exact) mass is 344 g/mol. The third-order valence-corrected chi connectivity index (χ3v) is 4.07. The van der Waals surface area contributed by atoms with Crippen LogP contribution in [-0.4, -0.2) is 67.0 Å². The molecule has 0 aromatic heterocycles. The molecule has 1 fully saturated rings. The molecule has 2 rings (SSSR count). The fraction of sp³-hybridized carbons (Fsp3) is 0.500. The summed E-state index contributed by atoms with van der Waals surface area (Å²) < 4.78 is 5.67. The molecule has 1 aromatic rings. The van der Waals surface area contributed by atoms with Crippen LogP contribution in [0.2, 0.25) is 0 Å². The van der Waals surface area contributed by atoms with Crippen LogP contribution in [-0.2, 0) is 9.59 Å². The molecule has 25 heavy (non-hydrogen) atoms. The van der Waals surface area contributed by atoms with Gasteiger partial charge in [0.1, 0.15) is 5.75 Å². The normalized spacial score (nSPS) is 16.0. The first-order chi connectivity index (χ1) is 12.0. The van der Waals surface area contributed by atoms with E-state index in [2.05, 4.69) is 5.32 Å². The van der Waals surface area contributed by atoms with E-state index in [0.717, 1.165) is 0 Å². The second-order valence-electron chi connectivity index (χ2n) is 5.95. The van der Waals surface area contributed by atoms with E-state index in [-0.39, 0.29) is 11.8 Å². The Morgan fingerprint density at radius 2 is 1.88 bits per heavy atom. The van der Waals surface area contributed by atoms with Crippen molar-refractivity contribution in [3.8, 4) is 11.8 Å². The fourth-order valence-corrected chi connectivity index (χ4v) is 2.70. The highest BCUT2D eigenvalue weighted by molar-refractivity contribution is 5.81. The summed E-state index contributed by atoms with van der Waals surface area (Å²) in [5.74, 6) is 0.511. The molecule has 1 N–H and O–H groups in total. The van der Waals surface area contributed by atoms with Gasteiger partial charge in [-0.3, -0.25) is 14.5 Å². The van der Waals surface area contributed by atoms with Crippen molar-refractivity contribution in [2.45, 2.75) is 20.0 Å². The first kappa shape index (κ1) is 18.7. The summed E-state index contributed by atoms with van der Waals surface area (Å²) in [4.78, 5) is 27.9. The van der Waals surface area contributed by atoms with Crippen LogP contribution in [0, 0.1) is 11.3 Å². The number of rotatable bonds is 6. The number of carbonyl (C=O) groups excluding carboxylic acids is 2. The number of likely N-dealkylation sites (N-methyl/N-ethyl adjacent to an activating group) is 1. The average Bonchev–Trinajstić information content (AvgIpc) is 2.62. The van der Waals surface area contributed by atoms with E-state index in [1.807, 2.05) is 17.9 Å². The van der Waals surface area contributed by atoms with Crippen molar-refractivity contribution in [2.75, 3.05) is 39.3 Å². The van der Waals surface area contributed by atoms with Gasteiger partial charge < -0.3 is 15.0 Å². The van der Waals surface area contributed by atoms with Crippen molar-refractivity contribution in [2.24, 2.45) is 0 Å². The summed E-state index contributed by atoms with van der Waals surface area (Å²) in [5.41, 5.74) is 0.551. The number of piperazine rings is 1. The van der Waals surface area contributed by atoms with Gasteiger partial charge in [-0.2, -0.15) is 5.26 Å². The Morgan fingerprint density at radius 1 is 1.24 bits per heavy atom. The molecular weight excluding hydrogens is 320 g/mol. The fourth-order valence-electron chi connectivity index (χ4n) is 2.70. The number of nitriles is 1. The molecular formula is C18H24N4O3. The first-order valence-corrected chi connectivity index (χ1v) is 8.48. The Bertz CT molecular complexity index is 631. The van der Waals surface area contributed by atoms with E-state index in [4.69, 9.17) is 10.00 Å². The second kappa shape index (κ2) is 9.04. The number of hydrogen-bond donors (Lipinski definition) is 1. The third-order valence-electron chi connectivity index (χ3n) is 4.07. The van der Waals surface area contributed by atoms with E-state index in [1.54, 1.807) is 36.1 Å². The highest BCUT2D eigenvalue weighted by atomic mass is 16.5. The molecule has 7 heteroatoms. The quantitative estimate of drug-likeness (QED) is 0.817. The lowest BCUT2D eigenvalue weighted by Gasteiger charge is -2.35. The highest BCUT2D eigenvalue weighted by Gasteiger charge is 2.26. The predicted octanol–water partition coefficient (Wildman–Crippen LogP) is 0.606. The molecule has 2 amide bonds. The van der Waals surface area contributed by atoms with Crippen LogP contribution in [0.4, 0.5) is 0 Å². The molecule has 0 radical (unpaired) electrons. The van der Waals surface area contributed by atoms with Gasteiger partial charge in [0, 0.05) is 32.7 Å². The zero-order chi connectivity index (χ0) is 18.2. The lowest BCUT2D eigenvalue weighted by atomic mass is 10.2. The van der Waals surface area contributed by atoms with Gasteiger partial charge in [-0.15, -0.1) is 0 Å². The predicted molar refractivity (Wildman–Crippen MR) is 93.0 cm³/mol. The summed E-state index contributed by atoms with van der Waals surface area (Å²) in [6.45, 7) is 7.12. The van der Waals surface area contributed by atoms with Gasteiger partial charge in [0.25, 0.3) is 5.91 Å². The zero-order valence-corrected chi connectivity index (χ0v) is 14.7. The molecule has 0 bridgehead atoms. The summed E-state index contributed by atoms with van der Waals surface area (Å²) in [7, 11) is 0. The Morgan fingerprint density at radius 3 is 2.44 bits per heavy atom. The number of benzene rings is 1. The van der Waals surface area contributed by atoms with Gasteiger partial charge in [0.2, 0.25) is 5.91 Å². The molecule has 1 unspecified atom stereocenters. The first-order valence-electron chi connectivity index (χ1n) is 8.48. The molecule has 134 valence electrons. The number of carbonyl (C=O) groups is 2. The second-order valence-corrected chi connectivity index (χ2v) is 5.95. The maximum Gasteiger partial charge on any atom is 0.263 e. The van der Waals surface area contributed by atoms with Gasteiger partial charge in [0.15, 0.2) is 6.10 Å². The minimum absolute atomic E-state index is 0.0137. The minimum Gasteiger partial charge on any atom is -0.481 e. The smallest absolute Gasteiger partial charge is 0.263 e. The van der Waals surface area contributed by atoms with Crippen LogP contribution in [0.25, 0.3) is 0 Å². The molecule has 0 aliphatic carbocycles. The molecule has 0 spiro atoms. The largest absolute Gasteiger partial charge is 0.481 e. The van der Waals surface area contributed by atoms with Crippen molar-refractivity contribution in [1.82, 2.24) is 15.1 Å². The number of ether oxygens (including phenoxy) is 1. The summed E-state index contributed by atoms with van der Waals surface area (Å²) >= 11 is 0. The zero-order valence-electron chi connectivity index (χ0n) is 14.7. The number of hydrogen-bond acceptors (Lipinski definition) is 5. The van der Waals surface area contributed by atoms with Gasteiger partial charge in [-0.05, 0) is 38.1 Å². The maximum absolute atomic E-state index is 12.5. The number of nitrogens with zero attached hydrogens (tertiary/aromatic N) is 3. The molecule has 1 saturated heterocycles. The molecule has 1 atom stereocenters. The van der Waals surface area contributed by atoms with Crippen molar-refractivity contribution < 1.29 is 14.3 Å². The van der Waals surface area contributed by atoms with Crippen LogP contribution in [0.15, 0.2) is 24.3 Å². The summed E-state index contributed by atoms with van der Waals surface area (Å²) in [6, 6.07) is 8.74. The van der Waals surface area contributed by atoms with Crippen LogP contribution >= 0.6 is 0 Å². The number of amides is 2. The van der Waals surface area contributed by atoms with Gasteiger partial charge >= 0.3 is 0 Å². The van der Waals surface area contributed by atoms with Gasteiger partial charge in [-0.1, -0.05) is 0 Å². The van der Waals surface area contributed by atoms with E-state index in [1.165, 1.54) is 0 Å². The minimum atomic E-state index is -0.595. The van der Waals surface area contributed by atoms with E-state index < -0.39 is 6.10 Å². The van der Waals surface area contributed by atoms with E-state index in [0.29, 0.717) is 50.6 Å². The average molecular weight is 344 g/mol. The van der Waals surface area contributed by atoms with Crippen molar-refractivity contribution in [1.29, 1.82) is 5.26 Å². The Kier molecular flexibility index (Phi) is 6.78. The molecule has 1 aliphatic heterocycles. The number of nitrogens with one attached hydrogen (secondary N) is 1. The SMILES string of the molecule is CCNC(=O)CN1CCN(C(=O)C(C)Oc2ccc(C#N)cc2)CC1. The standard InChI is InChI=1S/C18H24N4O3/c1-3-20-17(23)13-21-8-10-22(11-9-21)18(24)14(2)25-16-6-4-15(12-19)5-7-16/h4-7,14H,3,8-11,13H2,1-2H3,(H,20,23). The van der Waals surface area contributed by atoms with Crippen molar-refractivity contribution in [3.63, 3.8) is 0 Å². The van der Waals surface area contributed by atoms with Crippen LogP contribution < -0.4 is 10.1 Å². The molecule has 1 aliphatic rings. The maximum atomic E-state index is 12.5. The van der Waals surface area contributed by atoms with E-state index >= 15 is 0 Å². The molecule has 1 heterocycles. The lowest BCUT2D eigenvalue weighted by molar-refractivity contribution is -0.139. The Hall–Kier alpha value is -2.59. The van der Waals surface area contributed by atoms with Crippen LogP contribution in [0.5, 0.6) is 5.75 Å². The van der Waals surface area contributed by atoms with Crippen LogP contribution in [0.1, 0.15) is 19.4 Å². The summed E-state index contributed by atoms with van der Waals surface area (Å²) in [6.07, 6.45) is -0.595. The van der Waals surface area contributed by atoms with Crippen molar-refractivity contribution >= 4 is 11.8 Å². The Labute approximate surface area is 148 Å². The van der Waals surface area contributed by atoms with Crippen molar-refractivity contribution in [3.05, 3.63) is 29.8 Å². The third kappa shape index (κ3) is 5.47. The molecule has 0 saturated carbocycles. The summed E-state index contributed by atoms with van der Waals surface area (Å²) in [5, 5.41) is 11.6. The van der Waals surface area contributed by atoms with Gasteiger partial charge in [-0.25, -0.2) is 0 Å². The molecule has 1 aromatic carbocycles.